The number of aromatic amines is 2. The van der Waals surface area contributed by atoms with Gasteiger partial charge in [0.05, 0.1) is 17.2 Å². The molecule has 0 fully saturated rings. The lowest BCUT2D eigenvalue weighted by Crippen LogP contribution is -2.33. The third kappa shape index (κ3) is 2.86. The Labute approximate surface area is 174 Å². The molecule has 3 aromatic rings. The van der Waals surface area contributed by atoms with Gasteiger partial charge in [-0.2, -0.15) is 0 Å². The topological polar surface area (TPSA) is 141 Å². The van der Waals surface area contributed by atoms with E-state index in [2.05, 4.69) is 15.3 Å². The highest BCUT2D eigenvalue weighted by atomic mass is 16.5. The van der Waals surface area contributed by atoms with E-state index in [1.165, 1.54) is 0 Å². The van der Waals surface area contributed by atoms with Crippen molar-refractivity contribution in [3.05, 3.63) is 97.2 Å². The standard InChI is InChI=1S/C22H15N3O6/c26-14(27)9-31-13-8-4-3-7-12(13)15-16-18(10-5-1-2-6-11(10)19(16)28)23-20-17(15)21(29)25-22(30)24-20/h1-8,15H,9H2,(H,26,27)(H3,23,24,25,29,30)/t15-/m1/s1. The first-order valence-electron chi connectivity index (χ1n) is 9.41. The number of aliphatic carboxylic acids is 1. The molecule has 0 saturated heterocycles. The predicted octanol–water partition coefficient (Wildman–Crippen LogP) is 1.69. The zero-order chi connectivity index (χ0) is 21.7. The number of hydrogen-bond acceptors (Lipinski definition) is 6. The fourth-order valence-electron chi connectivity index (χ4n) is 4.15. The highest BCUT2D eigenvalue weighted by molar-refractivity contribution is 6.23. The molecule has 0 unspecified atom stereocenters. The van der Waals surface area contributed by atoms with Crippen LogP contribution in [0.15, 0.2) is 63.7 Å². The van der Waals surface area contributed by atoms with Gasteiger partial charge in [-0.3, -0.25) is 19.6 Å². The van der Waals surface area contributed by atoms with Crippen LogP contribution in [-0.2, 0) is 4.79 Å². The Morgan fingerprint density at radius 1 is 0.968 bits per heavy atom. The lowest BCUT2D eigenvalue weighted by atomic mass is 9.81. The molecule has 154 valence electrons. The number of anilines is 1. The zero-order valence-corrected chi connectivity index (χ0v) is 15.9. The SMILES string of the molecule is O=C(O)COc1ccccc1[C@@H]1C2=C(Nc3[nH]c(=O)[nH]c(=O)c31)c1ccccc1C2=O. The smallest absolute Gasteiger partial charge is 0.341 e. The minimum absolute atomic E-state index is 0.144. The Kier molecular flexibility index (Phi) is 4.11. The van der Waals surface area contributed by atoms with E-state index in [1.807, 2.05) is 0 Å². The number of H-pyrrole nitrogens is 2. The van der Waals surface area contributed by atoms with Crippen molar-refractivity contribution in [3.8, 4) is 5.75 Å². The first kappa shape index (κ1) is 18.6. The van der Waals surface area contributed by atoms with E-state index in [0.29, 0.717) is 28.0 Å². The van der Waals surface area contributed by atoms with Gasteiger partial charge in [0, 0.05) is 22.3 Å². The number of carbonyl (C=O) groups excluding carboxylic acids is 1. The van der Waals surface area contributed by atoms with Gasteiger partial charge in [0.2, 0.25) is 0 Å². The average Bonchev–Trinajstić information content (AvgIpc) is 3.03. The number of carboxylic acid groups (broad SMARTS) is 1. The molecule has 2 aliphatic rings. The maximum Gasteiger partial charge on any atom is 0.341 e. The van der Waals surface area contributed by atoms with Crippen LogP contribution in [-0.4, -0.2) is 33.4 Å². The first-order valence-corrected chi connectivity index (χ1v) is 9.41. The summed E-state index contributed by atoms with van der Waals surface area (Å²) >= 11 is 0. The van der Waals surface area contributed by atoms with Gasteiger partial charge in [0.15, 0.2) is 12.4 Å². The van der Waals surface area contributed by atoms with Gasteiger partial charge in [-0.25, -0.2) is 9.59 Å². The Morgan fingerprint density at radius 2 is 1.68 bits per heavy atom. The summed E-state index contributed by atoms with van der Waals surface area (Å²) in [5, 5.41) is 12.1. The largest absolute Gasteiger partial charge is 0.482 e. The molecule has 0 amide bonds. The Bertz CT molecular complexity index is 1410. The molecule has 2 aromatic carbocycles. The van der Waals surface area contributed by atoms with Crippen LogP contribution in [0.5, 0.6) is 5.75 Å². The zero-order valence-electron chi connectivity index (χ0n) is 15.9. The molecule has 9 heteroatoms. The Balaban J connectivity index is 1.79. The van der Waals surface area contributed by atoms with Crippen LogP contribution in [0, 0.1) is 0 Å². The first-order chi connectivity index (χ1) is 15.0. The van der Waals surface area contributed by atoms with Gasteiger partial charge >= 0.3 is 11.7 Å². The number of aromatic nitrogens is 2. The van der Waals surface area contributed by atoms with Gasteiger partial charge in [-0.05, 0) is 6.07 Å². The molecular weight excluding hydrogens is 402 g/mol. The molecule has 0 bridgehead atoms. The lowest BCUT2D eigenvalue weighted by Gasteiger charge is -2.28. The summed E-state index contributed by atoms with van der Waals surface area (Å²) in [5.41, 5.74) is 1.20. The molecule has 31 heavy (non-hydrogen) atoms. The van der Waals surface area contributed by atoms with E-state index in [4.69, 9.17) is 9.84 Å². The highest BCUT2D eigenvalue weighted by Crippen LogP contribution is 2.49. The van der Waals surface area contributed by atoms with E-state index in [9.17, 15) is 19.2 Å². The number of ether oxygens (including phenoxy) is 1. The van der Waals surface area contributed by atoms with Crippen molar-refractivity contribution in [3.63, 3.8) is 0 Å². The molecule has 1 atom stereocenters. The van der Waals surface area contributed by atoms with Gasteiger partial charge in [0.1, 0.15) is 11.6 Å². The summed E-state index contributed by atoms with van der Waals surface area (Å²) in [4.78, 5) is 54.0. The van der Waals surface area contributed by atoms with Crippen molar-refractivity contribution in [2.24, 2.45) is 0 Å². The third-order valence-electron chi connectivity index (χ3n) is 5.34. The van der Waals surface area contributed by atoms with E-state index in [-0.39, 0.29) is 22.9 Å². The fourth-order valence-corrected chi connectivity index (χ4v) is 4.15. The van der Waals surface area contributed by atoms with E-state index in [0.717, 1.165) is 0 Å². The molecule has 1 aliphatic carbocycles. The number of hydrogen-bond donors (Lipinski definition) is 4. The maximum atomic E-state index is 13.4. The summed E-state index contributed by atoms with van der Waals surface area (Å²) in [6.07, 6.45) is 0. The monoisotopic (exact) mass is 417 g/mol. The minimum atomic E-state index is -1.16. The highest BCUT2D eigenvalue weighted by Gasteiger charge is 2.42. The van der Waals surface area contributed by atoms with Crippen molar-refractivity contribution in [1.82, 2.24) is 9.97 Å². The van der Waals surface area contributed by atoms with E-state index >= 15 is 0 Å². The Hall–Kier alpha value is -4.40. The summed E-state index contributed by atoms with van der Waals surface area (Å²) in [6, 6.07) is 13.6. The summed E-state index contributed by atoms with van der Waals surface area (Å²) in [5.74, 6) is -1.89. The normalized spacial score (nSPS) is 16.3. The molecule has 0 radical (unpaired) electrons. The van der Waals surface area contributed by atoms with Crippen LogP contribution in [0.1, 0.15) is 33.0 Å². The van der Waals surface area contributed by atoms with Crippen molar-refractivity contribution in [1.29, 1.82) is 0 Å². The van der Waals surface area contributed by atoms with Crippen LogP contribution < -0.4 is 21.3 Å². The Morgan fingerprint density at radius 3 is 2.45 bits per heavy atom. The fraction of sp³-hybridized carbons (Fsp3) is 0.0909. The summed E-state index contributed by atoms with van der Waals surface area (Å²) < 4.78 is 5.45. The van der Waals surface area contributed by atoms with Gasteiger partial charge in [0.25, 0.3) is 5.56 Å². The number of carbonyl (C=O) groups is 2. The van der Waals surface area contributed by atoms with Gasteiger partial charge < -0.3 is 15.2 Å². The average molecular weight is 417 g/mol. The second-order valence-electron chi connectivity index (χ2n) is 7.14. The molecule has 0 spiro atoms. The van der Waals surface area contributed by atoms with E-state index < -0.39 is 29.7 Å². The molecule has 0 saturated carbocycles. The number of fused-ring (bicyclic) bond motifs is 3. The number of para-hydroxylation sites is 1. The molecule has 4 N–H and O–H groups in total. The predicted molar refractivity (Wildman–Crippen MR) is 110 cm³/mol. The van der Waals surface area contributed by atoms with Crippen molar-refractivity contribution in [2.45, 2.75) is 5.92 Å². The van der Waals surface area contributed by atoms with Crippen LogP contribution in [0.25, 0.3) is 5.70 Å². The van der Waals surface area contributed by atoms with Crippen molar-refractivity contribution in [2.75, 3.05) is 11.9 Å². The van der Waals surface area contributed by atoms with Gasteiger partial charge in [-0.15, -0.1) is 0 Å². The maximum absolute atomic E-state index is 13.4. The number of benzene rings is 2. The lowest BCUT2D eigenvalue weighted by molar-refractivity contribution is -0.139. The van der Waals surface area contributed by atoms with Crippen LogP contribution in [0.4, 0.5) is 5.82 Å². The number of Topliss-reactive ketones (excluding diaryl/α,β-unsaturated/α-hetero) is 1. The number of nitrogens with one attached hydrogen (secondary N) is 3. The molecular formula is C22H15N3O6. The quantitative estimate of drug-likeness (QED) is 0.506. The summed E-state index contributed by atoms with van der Waals surface area (Å²) in [7, 11) is 0. The molecule has 9 nitrogen and oxygen atoms in total. The minimum Gasteiger partial charge on any atom is -0.482 e. The van der Waals surface area contributed by atoms with Gasteiger partial charge in [-0.1, -0.05) is 42.5 Å². The number of ketones is 1. The third-order valence-corrected chi connectivity index (χ3v) is 5.34. The molecule has 5 rings (SSSR count). The van der Waals surface area contributed by atoms with Crippen LogP contribution >= 0.6 is 0 Å². The van der Waals surface area contributed by atoms with Crippen LogP contribution in [0.3, 0.4) is 0 Å². The number of carboxylic acids is 1. The number of rotatable bonds is 4. The molecule has 1 aliphatic heterocycles. The summed E-state index contributed by atoms with van der Waals surface area (Å²) in [6.45, 7) is -0.586. The van der Waals surface area contributed by atoms with E-state index in [1.54, 1.807) is 48.5 Å². The molecule has 2 heterocycles. The van der Waals surface area contributed by atoms with Crippen molar-refractivity contribution < 1.29 is 19.4 Å². The van der Waals surface area contributed by atoms with Crippen molar-refractivity contribution >= 4 is 23.3 Å². The van der Waals surface area contributed by atoms with Crippen LogP contribution in [0.2, 0.25) is 0 Å². The second-order valence-corrected chi connectivity index (χ2v) is 7.14. The molecule has 1 aromatic heterocycles. The number of allylic oxidation sites excluding steroid dienone is 1. The second kappa shape index (κ2) is 6.84.